The van der Waals surface area contributed by atoms with Crippen molar-refractivity contribution in [2.24, 2.45) is 0 Å². The maximum atomic E-state index is 10.7. The van der Waals surface area contributed by atoms with Gasteiger partial charge in [0, 0.05) is 12.7 Å². The van der Waals surface area contributed by atoms with Crippen molar-refractivity contribution in [3.63, 3.8) is 0 Å². The topological polar surface area (TPSA) is 26.3 Å². The van der Waals surface area contributed by atoms with Crippen LogP contribution in [0.1, 0.15) is 19.4 Å². The Morgan fingerprint density at radius 1 is 1.50 bits per heavy atom. The molecule has 0 unspecified atom stereocenters. The zero-order valence-electron chi connectivity index (χ0n) is 9.60. The second-order valence-corrected chi connectivity index (χ2v) is 4.41. The molecule has 16 heavy (non-hydrogen) atoms. The number of benzene rings is 1. The molecule has 1 aromatic carbocycles. The van der Waals surface area contributed by atoms with E-state index in [2.05, 4.69) is 0 Å². The van der Waals surface area contributed by atoms with Crippen molar-refractivity contribution < 1.29 is 9.53 Å². The van der Waals surface area contributed by atoms with Gasteiger partial charge in [0.1, 0.15) is 5.75 Å². The molecule has 86 valence electrons. The van der Waals surface area contributed by atoms with E-state index in [9.17, 15) is 4.79 Å². The molecule has 0 radical (unpaired) electrons. The number of ether oxygens (including phenoxy) is 1. The molecule has 0 saturated heterocycles. The van der Waals surface area contributed by atoms with Crippen LogP contribution in [-0.2, 0) is 4.79 Å². The molecule has 0 N–H and O–H groups in total. The van der Waals surface area contributed by atoms with Crippen molar-refractivity contribution in [2.75, 3.05) is 12.4 Å². The van der Waals surface area contributed by atoms with Crippen LogP contribution in [0, 0.1) is 0 Å². The van der Waals surface area contributed by atoms with Gasteiger partial charge in [-0.05, 0) is 24.6 Å². The van der Waals surface area contributed by atoms with Crippen LogP contribution < -0.4 is 4.74 Å². The molecular weight excluding hydrogens is 220 g/mol. The summed E-state index contributed by atoms with van der Waals surface area (Å²) in [5, 5.41) is 0.146. The fourth-order valence-corrected chi connectivity index (χ4v) is 1.65. The van der Waals surface area contributed by atoms with Gasteiger partial charge in [0.2, 0.25) is 0 Å². The number of hydrogen-bond acceptors (Lipinski definition) is 3. The highest BCUT2D eigenvalue weighted by Gasteiger charge is 1.93. The van der Waals surface area contributed by atoms with Gasteiger partial charge in [-0.1, -0.05) is 36.0 Å². The number of rotatable bonds is 5. The maximum absolute atomic E-state index is 10.7. The lowest BCUT2D eigenvalue weighted by Crippen LogP contribution is -1.90. The minimum atomic E-state index is 0.146. The molecule has 0 amide bonds. The van der Waals surface area contributed by atoms with E-state index in [1.54, 1.807) is 6.92 Å². The zero-order valence-corrected chi connectivity index (χ0v) is 10.4. The summed E-state index contributed by atoms with van der Waals surface area (Å²) in [6.45, 7) is 4.22. The van der Waals surface area contributed by atoms with Crippen molar-refractivity contribution >= 4 is 23.0 Å². The monoisotopic (exact) mass is 236 g/mol. The summed E-state index contributed by atoms with van der Waals surface area (Å²) in [5.74, 6) is 1.60. The van der Waals surface area contributed by atoms with Gasteiger partial charge in [-0.2, -0.15) is 0 Å². The van der Waals surface area contributed by atoms with Crippen LogP contribution >= 0.6 is 11.8 Å². The van der Waals surface area contributed by atoms with E-state index in [0.717, 1.165) is 11.3 Å². The minimum absolute atomic E-state index is 0.146. The number of carbonyl (C=O) groups excluding carboxylic acids is 1. The number of hydrogen-bond donors (Lipinski definition) is 0. The van der Waals surface area contributed by atoms with E-state index >= 15 is 0 Å². The van der Waals surface area contributed by atoms with Crippen LogP contribution in [0.2, 0.25) is 0 Å². The molecule has 1 rings (SSSR count). The lowest BCUT2D eigenvalue weighted by Gasteiger charge is -2.02. The maximum Gasteiger partial charge on any atom is 0.186 e. The quantitative estimate of drug-likeness (QED) is 0.784. The minimum Gasteiger partial charge on any atom is -0.494 e. The van der Waals surface area contributed by atoms with Crippen molar-refractivity contribution in [3.05, 3.63) is 35.9 Å². The summed E-state index contributed by atoms with van der Waals surface area (Å²) in [7, 11) is 0. The van der Waals surface area contributed by atoms with Crippen LogP contribution in [0.4, 0.5) is 0 Å². The zero-order chi connectivity index (χ0) is 11.8. The lowest BCUT2D eigenvalue weighted by atomic mass is 10.2. The van der Waals surface area contributed by atoms with Gasteiger partial charge in [-0.3, -0.25) is 4.79 Å². The number of thioether (sulfide) groups is 1. The summed E-state index contributed by atoms with van der Waals surface area (Å²) >= 11 is 1.31. The Morgan fingerprint density at radius 3 is 3.00 bits per heavy atom. The first-order valence-electron chi connectivity index (χ1n) is 5.25. The van der Waals surface area contributed by atoms with Crippen molar-refractivity contribution in [2.45, 2.75) is 13.8 Å². The predicted molar refractivity (Wildman–Crippen MR) is 69.8 cm³/mol. The Kier molecular flexibility index (Phi) is 5.72. The smallest absolute Gasteiger partial charge is 0.186 e. The van der Waals surface area contributed by atoms with Crippen molar-refractivity contribution in [1.29, 1.82) is 0 Å². The highest BCUT2D eigenvalue weighted by atomic mass is 32.2. The summed E-state index contributed by atoms with van der Waals surface area (Å²) in [4.78, 5) is 10.7. The third-order valence-electron chi connectivity index (χ3n) is 1.86. The largest absolute Gasteiger partial charge is 0.494 e. The molecule has 3 heteroatoms. The Labute approximate surface area is 101 Å². The fraction of sp³-hybridized carbons (Fsp3) is 0.308. The third kappa shape index (κ3) is 5.03. The molecule has 0 aromatic heterocycles. The molecule has 0 aliphatic carbocycles. The molecule has 0 heterocycles. The predicted octanol–water partition coefficient (Wildman–Crippen LogP) is 3.38. The molecule has 0 aliphatic rings. The first-order valence-corrected chi connectivity index (χ1v) is 6.23. The summed E-state index contributed by atoms with van der Waals surface area (Å²) in [5.41, 5.74) is 1.09. The van der Waals surface area contributed by atoms with Gasteiger partial charge in [-0.25, -0.2) is 0 Å². The van der Waals surface area contributed by atoms with Crippen molar-refractivity contribution in [3.8, 4) is 5.75 Å². The van der Waals surface area contributed by atoms with E-state index in [1.807, 2.05) is 43.3 Å². The average molecular weight is 236 g/mol. The van der Waals surface area contributed by atoms with Gasteiger partial charge in [0.15, 0.2) is 5.12 Å². The molecule has 0 aliphatic heterocycles. The van der Waals surface area contributed by atoms with Crippen LogP contribution in [-0.4, -0.2) is 17.5 Å². The van der Waals surface area contributed by atoms with Crippen LogP contribution in [0.5, 0.6) is 5.75 Å². The van der Waals surface area contributed by atoms with E-state index in [-0.39, 0.29) is 5.12 Å². The molecular formula is C13H16O2S. The van der Waals surface area contributed by atoms with Gasteiger partial charge in [-0.15, -0.1) is 0 Å². The van der Waals surface area contributed by atoms with Crippen LogP contribution in [0.3, 0.4) is 0 Å². The molecule has 0 atom stereocenters. The Bertz CT molecular complexity index is 372. The highest BCUT2D eigenvalue weighted by Crippen LogP contribution is 2.14. The van der Waals surface area contributed by atoms with E-state index in [4.69, 9.17) is 4.74 Å². The van der Waals surface area contributed by atoms with E-state index < -0.39 is 0 Å². The third-order valence-corrected chi connectivity index (χ3v) is 2.63. The molecule has 0 saturated carbocycles. The second kappa shape index (κ2) is 7.12. The lowest BCUT2D eigenvalue weighted by molar-refractivity contribution is -0.109. The van der Waals surface area contributed by atoms with Crippen LogP contribution in [0.25, 0.3) is 6.08 Å². The van der Waals surface area contributed by atoms with Gasteiger partial charge < -0.3 is 4.74 Å². The normalized spacial score (nSPS) is 10.6. The Balaban J connectivity index is 2.52. The van der Waals surface area contributed by atoms with Crippen molar-refractivity contribution in [1.82, 2.24) is 0 Å². The van der Waals surface area contributed by atoms with Gasteiger partial charge in [0.05, 0.1) is 6.61 Å². The Morgan fingerprint density at radius 2 is 2.31 bits per heavy atom. The van der Waals surface area contributed by atoms with E-state index in [0.29, 0.717) is 12.4 Å². The average Bonchev–Trinajstić information content (AvgIpc) is 2.25. The molecule has 0 spiro atoms. The van der Waals surface area contributed by atoms with E-state index in [1.165, 1.54) is 11.8 Å². The molecule has 0 bridgehead atoms. The van der Waals surface area contributed by atoms with Gasteiger partial charge in [0.25, 0.3) is 0 Å². The SMILES string of the molecule is CCOc1cccc(C=CCSC(C)=O)c1. The Hall–Kier alpha value is -1.22. The fourth-order valence-electron chi connectivity index (χ4n) is 1.22. The van der Waals surface area contributed by atoms with Gasteiger partial charge >= 0.3 is 0 Å². The number of carbonyl (C=O) groups is 1. The summed E-state index contributed by atoms with van der Waals surface area (Å²) < 4.78 is 5.40. The first kappa shape index (κ1) is 12.8. The molecule has 1 aromatic rings. The molecule has 0 fully saturated rings. The first-order chi connectivity index (χ1) is 7.72. The second-order valence-electron chi connectivity index (χ2n) is 3.21. The van der Waals surface area contributed by atoms with Crippen LogP contribution in [0.15, 0.2) is 30.3 Å². The highest BCUT2D eigenvalue weighted by molar-refractivity contribution is 8.13. The standard InChI is InChI=1S/C13H16O2S/c1-3-15-13-8-4-6-12(10-13)7-5-9-16-11(2)14/h4-8,10H,3,9H2,1-2H3. The summed E-state index contributed by atoms with van der Waals surface area (Å²) in [6, 6.07) is 7.89. The summed E-state index contributed by atoms with van der Waals surface area (Å²) in [6.07, 6.45) is 3.98. The molecule has 2 nitrogen and oxygen atoms in total.